The first kappa shape index (κ1) is 21.9. The molecular weight excluding hydrogens is 400 g/mol. The van der Waals surface area contributed by atoms with Crippen molar-refractivity contribution in [2.75, 3.05) is 31.1 Å². The highest BCUT2D eigenvalue weighted by molar-refractivity contribution is 5.76. The van der Waals surface area contributed by atoms with Crippen molar-refractivity contribution in [2.24, 2.45) is 0 Å². The number of fused-ring (bicyclic) bond motifs is 1. The van der Waals surface area contributed by atoms with Crippen LogP contribution in [0.3, 0.4) is 0 Å². The maximum atomic E-state index is 13.7. The monoisotopic (exact) mass is 438 g/mol. The number of benzene rings is 1. The normalized spacial score (nSPS) is 23.3. The van der Waals surface area contributed by atoms with Crippen molar-refractivity contribution in [1.29, 1.82) is 0 Å². The molecule has 2 saturated heterocycles. The van der Waals surface area contributed by atoms with Gasteiger partial charge in [0.15, 0.2) is 5.82 Å². The summed E-state index contributed by atoms with van der Waals surface area (Å²) in [6, 6.07) is 9.06. The minimum Gasteiger partial charge on any atom is -0.393 e. The summed E-state index contributed by atoms with van der Waals surface area (Å²) in [5, 5.41) is 9.90. The van der Waals surface area contributed by atoms with Gasteiger partial charge in [-0.2, -0.15) is 0 Å². The predicted octanol–water partition coefficient (Wildman–Crippen LogP) is 4.11. The Balaban J connectivity index is 1.39. The van der Waals surface area contributed by atoms with Crippen LogP contribution in [0.1, 0.15) is 76.7 Å². The number of nitrogens with zero attached hydrogens (tertiary/aromatic N) is 4. The average molecular weight is 439 g/mol. The molecule has 174 valence electrons. The number of aliphatic hydroxyl groups excluding tert-OH is 1. The molecule has 0 amide bonds. The number of para-hydroxylation sites is 2. The van der Waals surface area contributed by atoms with E-state index in [1.807, 2.05) is 18.2 Å². The molecule has 0 bridgehead atoms. The fourth-order valence-electron chi connectivity index (χ4n) is 6.10. The van der Waals surface area contributed by atoms with E-state index in [0.717, 1.165) is 43.0 Å². The van der Waals surface area contributed by atoms with Gasteiger partial charge in [-0.25, -0.2) is 4.98 Å². The van der Waals surface area contributed by atoms with Gasteiger partial charge >= 0.3 is 0 Å². The molecule has 0 spiro atoms. The van der Waals surface area contributed by atoms with E-state index in [4.69, 9.17) is 4.98 Å². The fourth-order valence-corrected chi connectivity index (χ4v) is 6.10. The third-order valence-electron chi connectivity index (χ3n) is 8.00. The molecule has 0 unspecified atom stereocenters. The Labute approximate surface area is 191 Å². The maximum Gasteiger partial charge on any atom is 0.294 e. The van der Waals surface area contributed by atoms with Crippen molar-refractivity contribution >= 4 is 16.9 Å². The molecule has 1 aromatic carbocycles. The smallest absolute Gasteiger partial charge is 0.294 e. The van der Waals surface area contributed by atoms with Crippen LogP contribution in [0.5, 0.6) is 0 Å². The minimum absolute atomic E-state index is 0.0458. The second kappa shape index (κ2) is 9.92. The van der Waals surface area contributed by atoms with E-state index in [0.29, 0.717) is 31.7 Å². The second-order valence-corrected chi connectivity index (χ2v) is 10.1. The third kappa shape index (κ3) is 4.58. The molecule has 0 atom stereocenters. The van der Waals surface area contributed by atoms with E-state index < -0.39 is 0 Å². The average Bonchev–Trinajstić information content (AvgIpc) is 2.80. The van der Waals surface area contributed by atoms with E-state index in [9.17, 15) is 9.90 Å². The number of piperidine rings is 2. The lowest BCUT2D eigenvalue weighted by molar-refractivity contribution is 0.116. The molecule has 2 aromatic rings. The highest BCUT2D eigenvalue weighted by Crippen LogP contribution is 2.30. The van der Waals surface area contributed by atoms with Crippen molar-refractivity contribution in [3.63, 3.8) is 0 Å². The summed E-state index contributed by atoms with van der Waals surface area (Å²) in [4.78, 5) is 23.3. The molecule has 2 aliphatic heterocycles. The van der Waals surface area contributed by atoms with Gasteiger partial charge in [0, 0.05) is 38.3 Å². The topological polar surface area (TPSA) is 61.6 Å². The highest BCUT2D eigenvalue weighted by atomic mass is 16.3. The van der Waals surface area contributed by atoms with Gasteiger partial charge in [0.25, 0.3) is 5.56 Å². The van der Waals surface area contributed by atoms with Crippen LogP contribution in [0.2, 0.25) is 0 Å². The van der Waals surface area contributed by atoms with Crippen LogP contribution in [-0.2, 0) is 0 Å². The lowest BCUT2D eigenvalue weighted by Gasteiger charge is -2.39. The minimum atomic E-state index is -0.258. The van der Waals surface area contributed by atoms with E-state index in [-0.39, 0.29) is 17.7 Å². The van der Waals surface area contributed by atoms with Gasteiger partial charge in [0.2, 0.25) is 0 Å². The second-order valence-electron chi connectivity index (χ2n) is 10.1. The Morgan fingerprint density at radius 2 is 1.44 bits per heavy atom. The summed E-state index contributed by atoms with van der Waals surface area (Å²) in [6.45, 7) is 3.57. The Kier molecular flexibility index (Phi) is 6.79. The zero-order chi connectivity index (χ0) is 21.9. The summed E-state index contributed by atoms with van der Waals surface area (Å²) in [5.41, 5.74) is 1.91. The van der Waals surface area contributed by atoms with Crippen LogP contribution in [0, 0.1) is 0 Å². The number of rotatable bonds is 3. The summed E-state index contributed by atoms with van der Waals surface area (Å²) in [5.74, 6) is 0.568. The van der Waals surface area contributed by atoms with Gasteiger partial charge in [-0.05, 0) is 50.7 Å². The lowest BCUT2D eigenvalue weighted by atomic mass is 9.93. The largest absolute Gasteiger partial charge is 0.393 e. The van der Waals surface area contributed by atoms with Crippen LogP contribution < -0.4 is 10.5 Å². The van der Waals surface area contributed by atoms with E-state index in [1.54, 1.807) is 0 Å². The molecule has 1 saturated carbocycles. The van der Waals surface area contributed by atoms with Crippen molar-refractivity contribution in [1.82, 2.24) is 14.5 Å². The lowest BCUT2D eigenvalue weighted by Crippen LogP contribution is -2.45. The van der Waals surface area contributed by atoms with E-state index >= 15 is 0 Å². The van der Waals surface area contributed by atoms with Crippen molar-refractivity contribution in [3.05, 3.63) is 34.6 Å². The molecule has 0 radical (unpaired) electrons. The number of anilines is 1. The van der Waals surface area contributed by atoms with Crippen LogP contribution >= 0.6 is 0 Å². The molecule has 6 nitrogen and oxygen atoms in total. The number of hydrogen-bond donors (Lipinski definition) is 1. The Morgan fingerprint density at radius 1 is 0.781 bits per heavy atom. The first-order valence-electron chi connectivity index (χ1n) is 12.9. The Morgan fingerprint density at radius 3 is 2.16 bits per heavy atom. The molecule has 1 aromatic heterocycles. The fraction of sp³-hybridized carbons (Fsp3) is 0.692. The first-order chi connectivity index (χ1) is 15.7. The maximum absolute atomic E-state index is 13.7. The highest BCUT2D eigenvalue weighted by Gasteiger charge is 2.29. The zero-order valence-corrected chi connectivity index (χ0v) is 19.3. The molecular formula is C26H38N4O2. The van der Waals surface area contributed by atoms with Gasteiger partial charge in [0.05, 0.1) is 17.1 Å². The van der Waals surface area contributed by atoms with Gasteiger partial charge < -0.3 is 19.5 Å². The summed E-state index contributed by atoms with van der Waals surface area (Å²) in [6.07, 6.45) is 12.8. The third-order valence-corrected chi connectivity index (χ3v) is 8.00. The Hall–Kier alpha value is -1.92. The van der Waals surface area contributed by atoms with Gasteiger partial charge in [0.1, 0.15) is 0 Å². The number of hydrogen-bond acceptors (Lipinski definition) is 5. The molecule has 3 aliphatic rings. The number of aromatic nitrogens is 2. The molecule has 6 heteroatoms. The number of likely N-dealkylation sites (tertiary alicyclic amines) is 1. The molecule has 1 N–H and O–H groups in total. The SMILES string of the molecule is O=c1c(N2CCC(O)CC2)nc2ccccc2n1C1CCN(C2CCCCCCC2)CC1. The quantitative estimate of drug-likeness (QED) is 0.782. The number of aliphatic hydroxyl groups is 1. The first-order valence-corrected chi connectivity index (χ1v) is 12.9. The van der Waals surface area contributed by atoms with Gasteiger partial charge in [-0.3, -0.25) is 4.79 Å². The summed E-state index contributed by atoms with van der Waals surface area (Å²) in [7, 11) is 0. The van der Waals surface area contributed by atoms with E-state index in [2.05, 4.69) is 20.4 Å². The molecule has 3 heterocycles. The van der Waals surface area contributed by atoms with Crippen molar-refractivity contribution in [2.45, 2.75) is 88.8 Å². The molecule has 1 aliphatic carbocycles. The molecule has 32 heavy (non-hydrogen) atoms. The van der Waals surface area contributed by atoms with E-state index in [1.165, 1.54) is 44.9 Å². The van der Waals surface area contributed by atoms with Crippen molar-refractivity contribution < 1.29 is 5.11 Å². The van der Waals surface area contributed by atoms with Gasteiger partial charge in [-0.1, -0.05) is 44.2 Å². The summed E-state index contributed by atoms with van der Waals surface area (Å²) < 4.78 is 2.05. The van der Waals surface area contributed by atoms with Crippen LogP contribution in [0.4, 0.5) is 5.82 Å². The summed E-state index contributed by atoms with van der Waals surface area (Å²) >= 11 is 0. The molecule has 5 rings (SSSR count). The van der Waals surface area contributed by atoms with Crippen LogP contribution in [0.25, 0.3) is 11.0 Å². The zero-order valence-electron chi connectivity index (χ0n) is 19.3. The van der Waals surface area contributed by atoms with Crippen LogP contribution in [0.15, 0.2) is 29.1 Å². The van der Waals surface area contributed by atoms with Gasteiger partial charge in [-0.15, -0.1) is 0 Å². The van der Waals surface area contributed by atoms with Crippen LogP contribution in [-0.4, -0.2) is 57.9 Å². The Bertz CT molecular complexity index is 950. The standard InChI is InChI=1S/C26H38N4O2/c31-22-14-18-29(19-15-22)25-26(32)30(24-11-7-6-10-23(24)27-25)21-12-16-28(17-13-21)20-8-4-2-1-3-5-9-20/h6-7,10-11,20-22,31H,1-5,8-9,12-19H2. The molecule has 3 fully saturated rings. The predicted molar refractivity (Wildman–Crippen MR) is 129 cm³/mol. The van der Waals surface area contributed by atoms with Crippen molar-refractivity contribution in [3.8, 4) is 0 Å².